The Bertz CT molecular complexity index is 1580. The first-order valence-corrected chi connectivity index (χ1v) is 21.3. The fourth-order valence-electron chi connectivity index (χ4n) is 16.4. The molecule has 1 heterocycles. The van der Waals surface area contributed by atoms with Gasteiger partial charge in [-0.25, -0.2) is 4.79 Å². The molecule has 0 saturated heterocycles. The van der Waals surface area contributed by atoms with E-state index in [1.165, 1.54) is 25.7 Å². The largest absolute Gasteiger partial charge is 0.447 e. The Morgan fingerprint density at radius 3 is 2.49 bits per heavy atom. The summed E-state index contributed by atoms with van der Waals surface area (Å²) >= 11 is 0. The predicted octanol–water partition coefficient (Wildman–Crippen LogP) is 3.33. The van der Waals surface area contributed by atoms with Crippen molar-refractivity contribution < 1.29 is 39.9 Å². The summed E-state index contributed by atoms with van der Waals surface area (Å²) in [4.78, 5) is 27.4. The van der Waals surface area contributed by atoms with E-state index in [-0.39, 0.29) is 37.7 Å². The first kappa shape index (κ1) is 36.9. The molecule has 14 atom stereocenters. The highest BCUT2D eigenvalue weighted by molar-refractivity contribution is 5.89. The Morgan fingerprint density at radius 1 is 0.962 bits per heavy atom. The number of esters is 1. The summed E-state index contributed by atoms with van der Waals surface area (Å²) in [5.41, 5.74) is -7.60. The Morgan fingerprint density at radius 2 is 1.75 bits per heavy atom. The van der Waals surface area contributed by atoms with E-state index in [0.29, 0.717) is 69.7 Å². The van der Waals surface area contributed by atoms with Crippen molar-refractivity contribution in [3.63, 3.8) is 0 Å². The molecule has 9 aliphatic rings. The van der Waals surface area contributed by atoms with Gasteiger partial charge < -0.3 is 45.7 Å². The Hall–Kier alpha value is -1.66. The summed E-state index contributed by atoms with van der Waals surface area (Å²) in [7, 11) is 1.90. The summed E-state index contributed by atoms with van der Waals surface area (Å²) in [6, 6.07) is 0. The molecule has 9 rings (SSSR count). The number of carbonyl (C=O) groups excluding carboxylic acids is 2. The summed E-state index contributed by atoms with van der Waals surface area (Å²) in [6.07, 6.45) is 14.6. The zero-order valence-electron chi connectivity index (χ0n) is 32.0. The lowest BCUT2D eigenvalue weighted by Crippen LogP contribution is -2.81. The van der Waals surface area contributed by atoms with Gasteiger partial charge in [0, 0.05) is 48.4 Å². The maximum absolute atomic E-state index is 14.0. The molecule has 0 radical (unpaired) electrons. The van der Waals surface area contributed by atoms with E-state index in [1.54, 1.807) is 6.08 Å². The number of ether oxygens (including phenoxy) is 1. The zero-order valence-corrected chi connectivity index (χ0v) is 32.0. The van der Waals surface area contributed by atoms with Crippen molar-refractivity contribution in [2.45, 2.75) is 138 Å². The minimum atomic E-state index is -1.74. The molecule has 0 aromatic carbocycles. The highest BCUT2D eigenvalue weighted by Gasteiger charge is 2.86. The molecule has 8 aliphatic carbocycles. The number of nitrogens with one attached hydrogen (secondary N) is 2. The molecular weight excluding hydrogens is 672 g/mol. The monoisotopic (exact) mass is 736 g/mol. The minimum absolute atomic E-state index is 0.148. The number of fused-ring (bicyclic) bond motifs is 3. The SMILES string of the molecule is CNCCNCC1=CC2CC3(O)C4(O)CC5CC(C(C)C6CCCC6)CCC6C(O)CCC(C=O)(C4CCC34CCCC13OC(=O)C=C3C24CO)C56O. The molecule has 294 valence electrons. The number of allylic oxidation sites excluding steroid dienone is 1. The fourth-order valence-corrected chi connectivity index (χ4v) is 16.4. The van der Waals surface area contributed by atoms with Gasteiger partial charge in [0.2, 0.25) is 0 Å². The summed E-state index contributed by atoms with van der Waals surface area (Å²) in [5, 5.41) is 71.4. The smallest absolute Gasteiger partial charge is 0.332 e. The number of hydrogen-bond donors (Lipinski definition) is 7. The molecule has 0 aromatic heterocycles. The molecule has 53 heavy (non-hydrogen) atoms. The third-order valence-electron chi connectivity index (χ3n) is 18.5. The summed E-state index contributed by atoms with van der Waals surface area (Å²) in [6.45, 7) is 4.05. The van der Waals surface area contributed by atoms with E-state index in [9.17, 15) is 35.1 Å². The van der Waals surface area contributed by atoms with Crippen LogP contribution in [0.5, 0.6) is 0 Å². The van der Waals surface area contributed by atoms with Gasteiger partial charge in [0.1, 0.15) is 11.9 Å². The number of likely N-dealkylation sites (N-methyl/N-ethyl adjacent to an activating group) is 1. The van der Waals surface area contributed by atoms with Crippen LogP contribution in [0.3, 0.4) is 0 Å². The van der Waals surface area contributed by atoms with Crippen LogP contribution in [-0.2, 0) is 14.3 Å². The van der Waals surface area contributed by atoms with Crippen molar-refractivity contribution in [3.8, 4) is 0 Å². The average molecular weight is 737 g/mol. The normalized spacial score (nSPS) is 51.8. The van der Waals surface area contributed by atoms with E-state index < -0.39 is 68.5 Å². The van der Waals surface area contributed by atoms with Gasteiger partial charge >= 0.3 is 5.97 Å². The maximum Gasteiger partial charge on any atom is 0.332 e. The van der Waals surface area contributed by atoms with E-state index in [2.05, 4.69) is 23.6 Å². The van der Waals surface area contributed by atoms with Crippen molar-refractivity contribution in [1.29, 1.82) is 0 Å². The van der Waals surface area contributed by atoms with Gasteiger partial charge in [-0.05, 0) is 125 Å². The molecule has 7 fully saturated rings. The molecule has 0 aromatic rings. The highest BCUT2D eigenvalue weighted by atomic mass is 16.6. The summed E-state index contributed by atoms with van der Waals surface area (Å²) in [5.74, 6) is -1.14. The zero-order chi connectivity index (χ0) is 37.2. The van der Waals surface area contributed by atoms with Crippen molar-refractivity contribution in [2.24, 2.45) is 57.7 Å². The van der Waals surface area contributed by atoms with Crippen LogP contribution in [0.1, 0.15) is 110 Å². The Labute approximate surface area is 314 Å². The van der Waals surface area contributed by atoms with Crippen LogP contribution >= 0.6 is 0 Å². The van der Waals surface area contributed by atoms with Crippen molar-refractivity contribution in [2.75, 3.05) is 33.3 Å². The molecule has 14 unspecified atom stereocenters. The van der Waals surface area contributed by atoms with Crippen LogP contribution < -0.4 is 10.6 Å². The predicted molar refractivity (Wildman–Crippen MR) is 197 cm³/mol. The van der Waals surface area contributed by atoms with Crippen LogP contribution in [0.4, 0.5) is 0 Å². The lowest BCUT2D eigenvalue weighted by molar-refractivity contribution is -0.348. The maximum atomic E-state index is 14.0. The van der Waals surface area contributed by atoms with Gasteiger partial charge in [0.15, 0.2) is 5.60 Å². The van der Waals surface area contributed by atoms with Crippen molar-refractivity contribution >= 4 is 12.3 Å². The second kappa shape index (κ2) is 12.4. The summed E-state index contributed by atoms with van der Waals surface area (Å²) < 4.78 is 6.32. The van der Waals surface area contributed by atoms with Crippen LogP contribution in [0.2, 0.25) is 0 Å². The molecule has 10 nitrogen and oxygen atoms in total. The third kappa shape index (κ3) is 4.30. The third-order valence-corrected chi connectivity index (χ3v) is 18.5. The molecule has 10 heteroatoms. The van der Waals surface area contributed by atoms with Gasteiger partial charge in [-0.2, -0.15) is 0 Å². The van der Waals surface area contributed by atoms with Crippen LogP contribution in [0.25, 0.3) is 0 Å². The molecule has 0 amide bonds. The lowest BCUT2D eigenvalue weighted by atomic mass is 9.35. The molecule has 7 saturated carbocycles. The van der Waals surface area contributed by atoms with E-state index in [4.69, 9.17) is 4.74 Å². The second-order valence-corrected chi connectivity index (χ2v) is 19.6. The molecule has 1 spiro atoms. The van der Waals surface area contributed by atoms with Crippen LogP contribution in [-0.4, -0.2) is 99.6 Å². The molecule has 7 N–H and O–H groups in total. The molecular formula is C43H64N2O8. The van der Waals surface area contributed by atoms with Gasteiger partial charge in [0.05, 0.1) is 29.3 Å². The lowest BCUT2D eigenvalue weighted by Gasteiger charge is -2.72. The first-order chi connectivity index (χ1) is 25.4. The van der Waals surface area contributed by atoms with E-state index >= 15 is 0 Å². The molecule has 2 bridgehead atoms. The van der Waals surface area contributed by atoms with Crippen molar-refractivity contribution in [1.82, 2.24) is 10.6 Å². The van der Waals surface area contributed by atoms with Crippen LogP contribution in [0, 0.1) is 57.7 Å². The standard InChI is InChI=1S/C43H64N2O8/c1-26(27-6-3-4-7-27)28-8-9-32-33(48)10-14-37(24-46)34-11-15-38-12-5-13-40-31(23-45-17-16-44-2)19-29(39(38,25-47)35(40)20-36(49)53-40)22-42(38,51)41(34,50)21-30(18-28)43(32,37)52/h19-20,24,26-30,32-34,44-45,47-48,50-52H,3-18,21-23,25H2,1-2H3. The average Bonchev–Trinajstić information content (AvgIpc) is 3.81. The number of aliphatic hydroxyl groups is 5. The Kier molecular flexibility index (Phi) is 8.66. The van der Waals surface area contributed by atoms with Gasteiger partial charge in [-0.1, -0.05) is 38.7 Å². The Balaban J connectivity index is 1.19. The number of aldehydes is 1. The van der Waals surface area contributed by atoms with E-state index in [0.717, 1.165) is 36.9 Å². The number of aliphatic hydroxyl groups excluding tert-OH is 2. The first-order valence-electron chi connectivity index (χ1n) is 21.3. The van der Waals surface area contributed by atoms with Crippen LogP contribution in [0.15, 0.2) is 23.3 Å². The number of hydrogen-bond acceptors (Lipinski definition) is 10. The van der Waals surface area contributed by atoms with Gasteiger partial charge in [-0.15, -0.1) is 0 Å². The second-order valence-electron chi connectivity index (χ2n) is 19.6. The van der Waals surface area contributed by atoms with Gasteiger partial charge in [0.25, 0.3) is 0 Å². The number of carbonyl (C=O) groups is 2. The topological polar surface area (TPSA) is 169 Å². The number of rotatable bonds is 9. The quantitative estimate of drug-likeness (QED) is 0.0808. The fraction of sp³-hybridized carbons (Fsp3) is 0.860. The minimum Gasteiger partial charge on any atom is -0.447 e. The van der Waals surface area contributed by atoms with Crippen molar-refractivity contribution in [3.05, 3.63) is 23.3 Å². The van der Waals surface area contributed by atoms with E-state index in [1.807, 2.05) is 7.05 Å². The van der Waals surface area contributed by atoms with Gasteiger partial charge in [-0.3, -0.25) is 0 Å². The molecule has 1 aliphatic heterocycles. The highest BCUT2D eigenvalue weighted by Crippen LogP contribution is 2.82.